The summed E-state index contributed by atoms with van der Waals surface area (Å²) in [7, 11) is 0. The van der Waals surface area contributed by atoms with Crippen LogP contribution in [0.4, 0.5) is 8.78 Å². The quantitative estimate of drug-likeness (QED) is 0.427. The van der Waals surface area contributed by atoms with Gasteiger partial charge in [0.1, 0.15) is 12.3 Å². The molecule has 0 aromatic carbocycles. The van der Waals surface area contributed by atoms with Crippen LogP contribution in [0.25, 0.3) is 0 Å². The van der Waals surface area contributed by atoms with Crippen LogP contribution < -0.4 is 10.2 Å². The Morgan fingerprint density at radius 3 is 1.24 bits per heavy atom. The van der Waals surface area contributed by atoms with Gasteiger partial charge in [-0.3, -0.25) is 0 Å². The first-order valence-corrected chi connectivity index (χ1v) is 9.01. The van der Waals surface area contributed by atoms with Gasteiger partial charge < -0.3 is 19.8 Å². The van der Waals surface area contributed by atoms with E-state index < -0.39 is 24.3 Å². The van der Waals surface area contributed by atoms with Crippen LogP contribution >= 0.6 is 0 Å². The van der Waals surface area contributed by atoms with Crippen LogP contribution in [0.5, 0.6) is 0 Å². The smallest absolute Gasteiger partial charge is 0.550 e. The van der Waals surface area contributed by atoms with Crippen molar-refractivity contribution in [2.24, 2.45) is 0 Å². The molecule has 144 valence electrons. The van der Waals surface area contributed by atoms with Crippen LogP contribution in [0.2, 0.25) is 0 Å². The molecule has 0 aliphatic rings. The van der Waals surface area contributed by atoms with Crippen LogP contribution in [-0.4, -0.2) is 62.0 Å². The van der Waals surface area contributed by atoms with Crippen LogP contribution in [0, 0.1) is 0 Å². The number of rotatable bonds is 14. The predicted octanol–water partition coefficient (Wildman–Crippen LogP) is 2.49. The summed E-state index contributed by atoms with van der Waals surface area (Å²) >= 11 is 0. The summed E-state index contributed by atoms with van der Waals surface area (Å²) in [5.41, 5.74) is 0. The molecule has 0 aliphatic heterocycles. The summed E-state index contributed by atoms with van der Waals surface area (Å²) in [6, 6.07) is 0. The summed E-state index contributed by atoms with van der Waals surface area (Å²) in [4.78, 5) is 19.9. The number of alkyl halides is 2. The third-order valence-corrected chi connectivity index (χ3v) is 3.54. The van der Waals surface area contributed by atoms with E-state index in [-0.39, 0.29) is 50.6 Å². The van der Waals surface area contributed by atoms with Crippen LogP contribution in [-0.2, 0) is 9.59 Å². The number of carboxylic acids is 2. The standard InChI is InChI=1S/2C9H17FO2.Ca/c2*1-2-3-5-8(10)6-4-7-9(11)12;/h2*8H,2-7H2,1H3,(H,11,12);/q;;+2/p-2. The number of hydrogen-bond acceptors (Lipinski definition) is 4. The topological polar surface area (TPSA) is 80.3 Å². The fourth-order valence-corrected chi connectivity index (χ4v) is 2.08. The number of carboxylic acid groups (broad SMARTS) is 2. The Morgan fingerprint density at radius 2 is 1.00 bits per heavy atom. The normalized spacial score (nSPS) is 12.3. The number of carbonyl (C=O) groups is 2. The summed E-state index contributed by atoms with van der Waals surface area (Å²) in [5.74, 6) is -2.17. The van der Waals surface area contributed by atoms with E-state index in [2.05, 4.69) is 0 Å². The van der Waals surface area contributed by atoms with Crippen molar-refractivity contribution in [3.8, 4) is 0 Å². The van der Waals surface area contributed by atoms with Gasteiger partial charge in [0.2, 0.25) is 0 Å². The molecule has 2 unspecified atom stereocenters. The molecule has 0 spiro atoms. The van der Waals surface area contributed by atoms with Crippen LogP contribution in [0.1, 0.15) is 90.9 Å². The van der Waals surface area contributed by atoms with Gasteiger partial charge >= 0.3 is 37.7 Å². The van der Waals surface area contributed by atoms with Gasteiger partial charge in [-0.1, -0.05) is 39.5 Å². The summed E-state index contributed by atoms with van der Waals surface area (Å²) < 4.78 is 25.7. The molecule has 0 bridgehead atoms. The van der Waals surface area contributed by atoms with Crippen molar-refractivity contribution in [3.63, 3.8) is 0 Å². The van der Waals surface area contributed by atoms with E-state index in [1.165, 1.54) is 0 Å². The van der Waals surface area contributed by atoms with Crippen molar-refractivity contribution in [2.45, 2.75) is 103 Å². The Labute approximate surface area is 180 Å². The molecule has 0 aliphatic carbocycles. The molecule has 2 atom stereocenters. The van der Waals surface area contributed by atoms with Gasteiger partial charge in [0.05, 0.1) is 0 Å². The SMILES string of the molecule is CCCCC(F)CCCC(=O)[O-].CCCCC(F)CCCC(=O)[O-].[Ca+2]. The van der Waals surface area contributed by atoms with E-state index in [0.29, 0.717) is 38.5 Å². The van der Waals surface area contributed by atoms with E-state index in [1.807, 2.05) is 13.8 Å². The Hall–Kier alpha value is 0.0597. The minimum absolute atomic E-state index is 0. The molecule has 0 heterocycles. The van der Waals surface area contributed by atoms with E-state index in [9.17, 15) is 28.6 Å². The van der Waals surface area contributed by atoms with E-state index in [1.54, 1.807) is 0 Å². The minimum Gasteiger partial charge on any atom is -0.550 e. The van der Waals surface area contributed by atoms with Gasteiger partial charge in [0, 0.05) is 11.9 Å². The summed E-state index contributed by atoms with van der Waals surface area (Å²) in [6.45, 7) is 4.02. The Balaban J connectivity index is -0.000000372. The van der Waals surface area contributed by atoms with Gasteiger partial charge in [-0.05, 0) is 51.4 Å². The van der Waals surface area contributed by atoms with Gasteiger partial charge in [0.15, 0.2) is 0 Å². The first kappa shape index (κ1) is 29.8. The maximum atomic E-state index is 12.8. The predicted molar refractivity (Wildman–Crippen MR) is 92.3 cm³/mol. The van der Waals surface area contributed by atoms with E-state index in [4.69, 9.17) is 0 Å². The van der Waals surface area contributed by atoms with Crippen molar-refractivity contribution in [2.75, 3.05) is 0 Å². The second-order valence-corrected chi connectivity index (χ2v) is 6.01. The Bertz CT molecular complexity index is 287. The number of hydrogen-bond donors (Lipinski definition) is 0. The summed E-state index contributed by atoms with van der Waals surface area (Å²) in [5, 5.41) is 19.9. The maximum Gasteiger partial charge on any atom is 2.00 e. The van der Waals surface area contributed by atoms with Crippen molar-refractivity contribution in [1.29, 1.82) is 0 Å². The van der Waals surface area contributed by atoms with Gasteiger partial charge in [-0.2, -0.15) is 0 Å². The minimum atomic E-state index is -1.09. The largest absolute Gasteiger partial charge is 2.00 e. The molecule has 7 heteroatoms. The molecule has 0 fully saturated rings. The second-order valence-electron chi connectivity index (χ2n) is 6.01. The van der Waals surface area contributed by atoms with Crippen molar-refractivity contribution in [3.05, 3.63) is 0 Å². The average Bonchev–Trinajstić information content (AvgIpc) is 2.50. The van der Waals surface area contributed by atoms with E-state index >= 15 is 0 Å². The van der Waals surface area contributed by atoms with Gasteiger partial charge in [-0.25, -0.2) is 8.78 Å². The molecule has 0 aromatic heterocycles. The fraction of sp³-hybridized carbons (Fsp3) is 0.889. The molecule has 0 saturated heterocycles. The number of aliphatic carboxylic acids is 2. The molecule has 0 saturated carbocycles. The third kappa shape index (κ3) is 29.1. The monoisotopic (exact) mass is 390 g/mol. The number of halogens is 2. The first-order chi connectivity index (χ1) is 11.3. The average molecular weight is 391 g/mol. The fourth-order valence-electron chi connectivity index (χ4n) is 2.08. The van der Waals surface area contributed by atoms with E-state index in [0.717, 1.165) is 25.7 Å². The number of unbranched alkanes of at least 4 members (excludes halogenated alkanes) is 2. The number of carbonyl (C=O) groups excluding carboxylic acids is 2. The van der Waals surface area contributed by atoms with Crippen molar-refractivity contribution in [1.82, 2.24) is 0 Å². The van der Waals surface area contributed by atoms with Gasteiger partial charge in [-0.15, -0.1) is 0 Å². The molecule has 4 nitrogen and oxygen atoms in total. The molecule has 0 radical (unpaired) electrons. The molecule has 0 rings (SSSR count). The molecular weight excluding hydrogens is 358 g/mol. The molecular formula is C18H32CaF2O4. The maximum absolute atomic E-state index is 12.8. The van der Waals surface area contributed by atoms with Crippen molar-refractivity contribution >= 4 is 49.7 Å². The zero-order valence-electron chi connectivity index (χ0n) is 15.7. The molecule has 0 aromatic rings. The zero-order valence-corrected chi connectivity index (χ0v) is 17.9. The molecule has 0 N–H and O–H groups in total. The molecule has 0 amide bonds. The van der Waals surface area contributed by atoms with Crippen LogP contribution in [0.3, 0.4) is 0 Å². The zero-order chi connectivity index (χ0) is 18.8. The summed E-state index contributed by atoms with van der Waals surface area (Å²) in [6.07, 6.45) is 4.66. The van der Waals surface area contributed by atoms with Crippen molar-refractivity contribution < 1.29 is 28.6 Å². The third-order valence-electron chi connectivity index (χ3n) is 3.54. The first-order valence-electron chi connectivity index (χ1n) is 9.01. The Morgan fingerprint density at radius 1 is 0.720 bits per heavy atom. The second kappa shape index (κ2) is 22.1. The molecule has 25 heavy (non-hydrogen) atoms. The van der Waals surface area contributed by atoms with Gasteiger partial charge in [0.25, 0.3) is 0 Å². The Kier molecular flexibility index (Phi) is 26.4. The van der Waals surface area contributed by atoms with Crippen LogP contribution in [0.15, 0.2) is 0 Å².